The van der Waals surface area contributed by atoms with Crippen LogP contribution in [0, 0.1) is 28.6 Å². The Morgan fingerprint density at radius 1 is 0.913 bits per heavy atom. The first kappa shape index (κ1) is 16.8. The second kappa shape index (κ2) is 6.10. The molecule has 4 aliphatic carbocycles. The number of carbonyl (C=O) groups is 2. The number of rotatable bonds is 5. The number of carbonyl (C=O) groups excluding carboxylic acids is 2. The summed E-state index contributed by atoms with van der Waals surface area (Å²) in [6.07, 6.45) is 8.76. The average molecular weight is 320 g/mol. The zero-order chi connectivity index (χ0) is 16.7. The molecule has 4 fully saturated rings. The first-order valence-electron chi connectivity index (χ1n) is 9.31. The highest BCUT2D eigenvalue weighted by atomic mass is 16.2. The Bertz CT molecular complexity index is 443. The van der Waals surface area contributed by atoms with Crippen molar-refractivity contribution in [3.05, 3.63) is 0 Å². The maximum absolute atomic E-state index is 12.3. The summed E-state index contributed by atoms with van der Waals surface area (Å²) in [5, 5.41) is 5.89. The lowest BCUT2D eigenvalue weighted by atomic mass is 9.49. The van der Waals surface area contributed by atoms with Gasteiger partial charge in [-0.05, 0) is 61.7 Å². The van der Waals surface area contributed by atoms with Gasteiger partial charge in [0.1, 0.15) is 0 Å². The van der Waals surface area contributed by atoms with Crippen molar-refractivity contribution >= 4 is 11.8 Å². The Kier molecular flexibility index (Phi) is 4.45. The molecule has 0 saturated heterocycles. The molecule has 4 heteroatoms. The monoisotopic (exact) mass is 320 g/mol. The second-order valence-electron chi connectivity index (χ2n) is 9.45. The molecule has 0 aromatic carbocycles. The maximum Gasteiger partial charge on any atom is 0.225 e. The van der Waals surface area contributed by atoms with Gasteiger partial charge in [-0.15, -0.1) is 0 Å². The summed E-state index contributed by atoms with van der Waals surface area (Å²) in [5.41, 5.74) is -0.0727. The van der Waals surface area contributed by atoms with Crippen LogP contribution >= 0.6 is 0 Å². The fourth-order valence-corrected chi connectivity index (χ4v) is 5.55. The Balaban J connectivity index is 1.41. The molecule has 0 aromatic heterocycles. The van der Waals surface area contributed by atoms with Crippen molar-refractivity contribution in [3.8, 4) is 0 Å². The van der Waals surface area contributed by atoms with Gasteiger partial charge < -0.3 is 10.6 Å². The largest absolute Gasteiger partial charge is 0.354 e. The van der Waals surface area contributed by atoms with E-state index in [1.54, 1.807) is 0 Å². The summed E-state index contributed by atoms with van der Waals surface area (Å²) in [4.78, 5) is 24.1. The molecule has 0 aliphatic heterocycles. The van der Waals surface area contributed by atoms with Gasteiger partial charge in [0.2, 0.25) is 11.8 Å². The van der Waals surface area contributed by atoms with E-state index in [9.17, 15) is 9.59 Å². The molecule has 4 rings (SSSR count). The number of nitrogens with one attached hydrogen (secondary N) is 2. The van der Waals surface area contributed by atoms with Crippen molar-refractivity contribution in [1.29, 1.82) is 0 Å². The summed E-state index contributed by atoms with van der Waals surface area (Å²) in [7, 11) is 0. The van der Waals surface area contributed by atoms with Gasteiger partial charge in [-0.1, -0.05) is 20.8 Å². The third kappa shape index (κ3) is 3.89. The lowest BCUT2D eigenvalue weighted by Crippen LogP contribution is -2.48. The molecule has 2 N–H and O–H groups in total. The normalized spacial score (nSPS) is 35.2. The first-order valence-corrected chi connectivity index (χ1v) is 9.31. The zero-order valence-corrected chi connectivity index (χ0v) is 14.9. The molecule has 0 heterocycles. The molecule has 4 aliphatic rings. The van der Waals surface area contributed by atoms with Gasteiger partial charge in [0.25, 0.3) is 0 Å². The molecule has 4 bridgehead atoms. The van der Waals surface area contributed by atoms with Crippen LogP contribution in [-0.2, 0) is 9.59 Å². The zero-order valence-electron chi connectivity index (χ0n) is 14.9. The lowest BCUT2D eigenvalue weighted by molar-refractivity contribution is -0.130. The van der Waals surface area contributed by atoms with E-state index in [1.807, 2.05) is 20.8 Å². The van der Waals surface area contributed by atoms with Crippen LogP contribution in [0.4, 0.5) is 0 Å². The van der Waals surface area contributed by atoms with Crippen molar-refractivity contribution in [1.82, 2.24) is 10.6 Å². The highest BCUT2D eigenvalue weighted by Gasteiger charge is 2.51. The fourth-order valence-electron chi connectivity index (χ4n) is 5.55. The van der Waals surface area contributed by atoms with Crippen LogP contribution in [0.2, 0.25) is 0 Å². The minimum absolute atomic E-state index is 0.0350. The molecule has 0 aromatic rings. The van der Waals surface area contributed by atoms with Crippen molar-refractivity contribution in [2.24, 2.45) is 28.6 Å². The molecule has 4 saturated carbocycles. The van der Waals surface area contributed by atoms with E-state index < -0.39 is 0 Å². The molecule has 0 unspecified atom stereocenters. The molecule has 2 amide bonds. The van der Waals surface area contributed by atoms with Crippen LogP contribution in [-0.4, -0.2) is 24.9 Å². The summed E-state index contributed by atoms with van der Waals surface area (Å²) in [5.74, 6) is 2.88. The molecule has 0 radical (unpaired) electrons. The third-order valence-electron chi connectivity index (χ3n) is 6.11. The predicted octanol–water partition coefficient (Wildman–Crippen LogP) is 2.87. The topological polar surface area (TPSA) is 58.2 Å². The van der Waals surface area contributed by atoms with Crippen LogP contribution in [0.5, 0.6) is 0 Å². The SMILES string of the molecule is CC(C)(C)C(=O)NCCNC(=O)CC12CC3CC(CC(C3)C1)C2. The van der Waals surface area contributed by atoms with E-state index in [0.717, 1.165) is 17.8 Å². The van der Waals surface area contributed by atoms with E-state index in [4.69, 9.17) is 0 Å². The minimum Gasteiger partial charge on any atom is -0.354 e. The van der Waals surface area contributed by atoms with Crippen LogP contribution in [0.25, 0.3) is 0 Å². The van der Waals surface area contributed by atoms with Crippen molar-refractivity contribution in [2.45, 2.75) is 65.7 Å². The molecular formula is C19H32N2O2. The number of hydrogen-bond donors (Lipinski definition) is 2. The Labute approximate surface area is 140 Å². The number of amides is 2. The average Bonchev–Trinajstić information content (AvgIpc) is 2.40. The maximum atomic E-state index is 12.3. The van der Waals surface area contributed by atoms with E-state index in [0.29, 0.717) is 24.9 Å². The minimum atomic E-state index is -0.372. The summed E-state index contributed by atoms with van der Waals surface area (Å²) < 4.78 is 0. The number of hydrogen-bond acceptors (Lipinski definition) is 2. The van der Waals surface area contributed by atoms with E-state index in [1.165, 1.54) is 38.5 Å². The summed E-state index contributed by atoms with van der Waals surface area (Å²) in [6, 6.07) is 0. The predicted molar refractivity (Wildman–Crippen MR) is 90.7 cm³/mol. The van der Waals surface area contributed by atoms with Crippen molar-refractivity contribution < 1.29 is 9.59 Å². The van der Waals surface area contributed by atoms with Crippen molar-refractivity contribution in [2.75, 3.05) is 13.1 Å². The molecular weight excluding hydrogens is 288 g/mol. The summed E-state index contributed by atoms with van der Waals surface area (Å²) in [6.45, 7) is 6.74. The van der Waals surface area contributed by atoms with E-state index in [2.05, 4.69) is 10.6 Å². The van der Waals surface area contributed by atoms with Gasteiger partial charge in [-0.3, -0.25) is 9.59 Å². The van der Waals surface area contributed by atoms with Crippen LogP contribution in [0.15, 0.2) is 0 Å². The van der Waals surface area contributed by atoms with E-state index in [-0.39, 0.29) is 17.2 Å². The first-order chi connectivity index (χ1) is 10.8. The summed E-state index contributed by atoms with van der Waals surface area (Å²) >= 11 is 0. The van der Waals surface area contributed by atoms with Gasteiger partial charge >= 0.3 is 0 Å². The highest BCUT2D eigenvalue weighted by molar-refractivity contribution is 5.81. The van der Waals surface area contributed by atoms with Gasteiger partial charge in [0, 0.05) is 24.9 Å². The Hall–Kier alpha value is -1.06. The van der Waals surface area contributed by atoms with Gasteiger partial charge in [0.15, 0.2) is 0 Å². The molecule has 23 heavy (non-hydrogen) atoms. The van der Waals surface area contributed by atoms with Crippen LogP contribution in [0.1, 0.15) is 65.7 Å². The molecule has 130 valence electrons. The lowest BCUT2D eigenvalue weighted by Gasteiger charge is -2.56. The third-order valence-corrected chi connectivity index (χ3v) is 6.11. The standard InChI is InChI=1S/C19H32N2O2/c1-18(2,3)17(23)21-5-4-20-16(22)12-19-9-13-6-14(10-19)8-15(7-13)11-19/h13-15H,4-12H2,1-3H3,(H,20,22)(H,21,23). The smallest absolute Gasteiger partial charge is 0.225 e. The van der Waals surface area contributed by atoms with Crippen LogP contribution < -0.4 is 10.6 Å². The van der Waals surface area contributed by atoms with Crippen molar-refractivity contribution in [3.63, 3.8) is 0 Å². The Morgan fingerprint density at radius 3 is 1.87 bits per heavy atom. The second-order valence-corrected chi connectivity index (χ2v) is 9.45. The van der Waals surface area contributed by atoms with Crippen LogP contribution in [0.3, 0.4) is 0 Å². The quantitative estimate of drug-likeness (QED) is 0.765. The van der Waals surface area contributed by atoms with Gasteiger partial charge in [0.05, 0.1) is 0 Å². The van der Waals surface area contributed by atoms with Gasteiger partial charge in [-0.2, -0.15) is 0 Å². The Morgan fingerprint density at radius 2 is 1.39 bits per heavy atom. The van der Waals surface area contributed by atoms with Gasteiger partial charge in [-0.25, -0.2) is 0 Å². The van der Waals surface area contributed by atoms with E-state index >= 15 is 0 Å². The molecule has 4 nitrogen and oxygen atoms in total. The molecule has 0 atom stereocenters. The molecule has 0 spiro atoms. The highest BCUT2D eigenvalue weighted by Crippen LogP contribution is 2.61. The fraction of sp³-hybridized carbons (Fsp3) is 0.895.